The van der Waals surface area contributed by atoms with Gasteiger partial charge in [-0.25, -0.2) is 14.8 Å². The molecule has 0 radical (unpaired) electrons. The van der Waals surface area contributed by atoms with Crippen molar-refractivity contribution in [3.05, 3.63) is 52.3 Å². The number of aryl methyl sites for hydroxylation is 2. The maximum Gasteiger partial charge on any atom is 0.358 e. The Balaban J connectivity index is 1.45. The van der Waals surface area contributed by atoms with Crippen LogP contribution in [0.25, 0.3) is 10.8 Å². The molecule has 0 saturated carbocycles. The molecule has 132 valence electrons. The van der Waals surface area contributed by atoms with Gasteiger partial charge in [0.15, 0.2) is 22.6 Å². The number of hydrogen-bond donors (Lipinski definition) is 1. The fourth-order valence-electron chi connectivity index (χ4n) is 3.02. The van der Waals surface area contributed by atoms with E-state index in [2.05, 4.69) is 20.2 Å². The average Bonchev–Trinajstić information content (AvgIpc) is 3.40. The number of rotatable bonds is 5. The molecule has 0 unspecified atom stereocenters. The predicted octanol–water partition coefficient (Wildman–Crippen LogP) is 2.85. The summed E-state index contributed by atoms with van der Waals surface area (Å²) in [5, 5.41) is 8.55. The van der Waals surface area contributed by atoms with Gasteiger partial charge >= 0.3 is 5.97 Å². The first-order valence-corrected chi connectivity index (χ1v) is 9.18. The summed E-state index contributed by atoms with van der Waals surface area (Å²) in [6, 6.07) is 5.72. The first-order chi connectivity index (χ1) is 12.6. The quantitative estimate of drug-likeness (QED) is 0.549. The van der Waals surface area contributed by atoms with Crippen LogP contribution in [0, 0.1) is 0 Å². The van der Waals surface area contributed by atoms with E-state index in [-0.39, 0.29) is 11.5 Å². The summed E-state index contributed by atoms with van der Waals surface area (Å²) in [4.78, 5) is 33.0. The lowest BCUT2D eigenvalue weighted by molar-refractivity contribution is 0.0314. The Morgan fingerprint density at radius 1 is 1.27 bits per heavy atom. The Labute approximate surface area is 153 Å². The summed E-state index contributed by atoms with van der Waals surface area (Å²) in [5.41, 5.74) is 3.24. The van der Waals surface area contributed by atoms with Crippen molar-refractivity contribution in [1.29, 1.82) is 0 Å². The lowest BCUT2D eigenvalue weighted by atomic mass is 10.0. The van der Waals surface area contributed by atoms with Crippen LogP contribution in [0.1, 0.15) is 45.3 Å². The van der Waals surface area contributed by atoms with E-state index in [1.807, 2.05) is 18.2 Å². The molecular formula is C18H16N4O3S. The smallest absolute Gasteiger partial charge is 0.358 e. The molecule has 0 spiro atoms. The number of ketones is 1. The number of esters is 1. The van der Waals surface area contributed by atoms with Crippen LogP contribution in [0.4, 0.5) is 0 Å². The lowest BCUT2D eigenvalue weighted by Gasteiger charge is -2.12. The predicted molar refractivity (Wildman–Crippen MR) is 95.2 cm³/mol. The van der Waals surface area contributed by atoms with E-state index in [9.17, 15) is 9.59 Å². The van der Waals surface area contributed by atoms with Gasteiger partial charge < -0.3 is 4.74 Å². The minimum absolute atomic E-state index is 0.148. The van der Waals surface area contributed by atoms with Crippen LogP contribution in [-0.2, 0) is 17.6 Å². The van der Waals surface area contributed by atoms with Gasteiger partial charge in [-0.1, -0.05) is 12.1 Å². The van der Waals surface area contributed by atoms with Crippen molar-refractivity contribution >= 4 is 23.1 Å². The van der Waals surface area contributed by atoms with Crippen LogP contribution in [0.5, 0.6) is 0 Å². The lowest BCUT2D eigenvalue weighted by Crippen LogP contribution is -2.24. The zero-order valence-electron chi connectivity index (χ0n) is 14.1. The number of nitrogens with one attached hydrogen (secondary N) is 1. The molecule has 2 aromatic heterocycles. The van der Waals surface area contributed by atoms with Crippen molar-refractivity contribution < 1.29 is 14.3 Å². The van der Waals surface area contributed by atoms with Crippen molar-refractivity contribution in [2.24, 2.45) is 0 Å². The fourth-order valence-corrected chi connectivity index (χ4v) is 3.75. The van der Waals surface area contributed by atoms with Crippen LogP contribution < -0.4 is 0 Å². The second-order valence-corrected chi connectivity index (χ2v) is 6.98. The summed E-state index contributed by atoms with van der Waals surface area (Å²) in [6.45, 7) is 1.58. The van der Waals surface area contributed by atoms with Gasteiger partial charge in [-0.2, -0.15) is 5.10 Å². The molecule has 1 atom stereocenters. The number of ether oxygens (including phenoxy) is 1. The van der Waals surface area contributed by atoms with E-state index < -0.39 is 12.1 Å². The largest absolute Gasteiger partial charge is 0.450 e. The highest BCUT2D eigenvalue weighted by Crippen LogP contribution is 2.24. The topological polar surface area (TPSA) is 97.8 Å². The molecule has 1 aliphatic carbocycles. The van der Waals surface area contributed by atoms with Gasteiger partial charge in [0.05, 0.1) is 0 Å². The van der Waals surface area contributed by atoms with Crippen molar-refractivity contribution in [3.63, 3.8) is 0 Å². The number of fused-ring (bicyclic) bond motifs is 1. The van der Waals surface area contributed by atoms with Gasteiger partial charge in [0, 0.05) is 10.9 Å². The first kappa shape index (κ1) is 16.6. The van der Waals surface area contributed by atoms with E-state index in [0.29, 0.717) is 16.4 Å². The molecule has 3 aromatic rings. The summed E-state index contributed by atoms with van der Waals surface area (Å²) in [5.74, 6) is -0.357. The molecule has 1 N–H and O–H groups in total. The third-order valence-electron chi connectivity index (χ3n) is 4.37. The van der Waals surface area contributed by atoms with Crippen LogP contribution >= 0.6 is 11.3 Å². The molecule has 4 rings (SSSR count). The molecule has 7 nitrogen and oxygen atoms in total. The number of Topliss-reactive ketones (excluding diaryl/α,β-unsaturated/α-hetero) is 1. The Kier molecular flexibility index (Phi) is 4.34. The van der Waals surface area contributed by atoms with Gasteiger partial charge in [0.25, 0.3) is 0 Å². The second kappa shape index (κ2) is 6.80. The monoisotopic (exact) mass is 368 g/mol. The molecule has 2 heterocycles. The van der Waals surface area contributed by atoms with Crippen molar-refractivity contribution in [1.82, 2.24) is 20.2 Å². The molecule has 0 fully saturated rings. The van der Waals surface area contributed by atoms with Crippen molar-refractivity contribution in [2.45, 2.75) is 32.3 Å². The van der Waals surface area contributed by atoms with Crippen molar-refractivity contribution in [3.8, 4) is 10.8 Å². The summed E-state index contributed by atoms with van der Waals surface area (Å²) in [7, 11) is 0. The SMILES string of the molecule is C[C@H](OC(=O)c1csc(-c2ncn[nH]2)n1)C(=O)c1ccc2c(c1)CCC2. The van der Waals surface area contributed by atoms with Crippen LogP contribution in [-0.4, -0.2) is 38.0 Å². The fraction of sp³-hybridized carbons (Fsp3) is 0.278. The number of carbonyl (C=O) groups excluding carboxylic acids is 2. The first-order valence-electron chi connectivity index (χ1n) is 8.30. The zero-order chi connectivity index (χ0) is 18.1. The third kappa shape index (κ3) is 3.15. The number of H-pyrrole nitrogens is 1. The minimum atomic E-state index is -0.877. The standard InChI is InChI=1S/C18H16N4O3S/c1-10(15(23)13-6-5-11-3-2-4-12(11)7-13)25-18(24)14-8-26-17(21-14)16-19-9-20-22-16/h5-10H,2-4H2,1H3,(H,19,20,22)/t10-/m0/s1. The average molecular weight is 368 g/mol. The van der Waals surface area contributed by atoms with Gasteiger partial charge in [-0.3, -0.25) is 9.89 Å². The molecular weight excluding hydrogens is 352 g/mol. The Morgan fingerprint density at radius 2 is 2.12 bits per heavy atom. The molecule has 1 aromatic carbocycles. The number of aromatic nitrogens is 4. The summed E-state index contributed by atoms with van der Waals surface area (Å²) in [6.07, 6.45) is 3.66. The number of benzene rings is 1. The van der Waals surface area contributed by atoms with Crippen molar-refractivity contribution in [2.75, 3.05) is 0 Å². The van der Waals surface area contributed by atoms with E-state index in [1.165, 1.54) is 28.8 Å². The summed E-state index contributed by atoms with van der Waals surface area (Å²) >= 11 is 1.25. The highest BCUT2D eigenvalue weighted by molar-refractivity contribution is 7.13. The van der Waals surface area contributed by atoms with Gasteiger partial charge in [-0.05, 0) is 43.4 Å². The van der Waals surface area contributed by atoms with E-state index >= 15 is 0 Å². The number of carbonyl (C=O) groups is 2. The molecule has 8 heteroatoms. The number of thiazole rings is 1. The molecule has 0 amide bonds. The van der Waals surface area contributed by atoms with Gasteiger partial charge in [0.1, 0.15) is 6.33 Å². The third-order valence-corrected chi connectivity index (χ3v) is 5.22. The Hall–Kier alpha value is -2.87. The highest BCUT2D eigenvalue weighted by Gasteiger charge is 2.23. The van der Waals surface area contributed by atoms with Crippen LogP contribution in [0.2, 0.25) is 0 Å². The van der Waals surface area contributed by atoms with Crippen LogP contribution in [0.3, 0.4) is 0 Å². The minimum Gasteiger partial charge on any atom is -0.450 e. The van der Waals surface area contributed by atoms with E-state index in [4.69, 9.17) is 4.74 Å². The maximum atomic E-state index is 12.6. The molecule has 1 aliphatic rings. The highest BCUT2D eigenvalue weighted by atomic mass is 32.1. The molecule has 0 saturated heterocycles. The van der Waals surface area contributed by atoms with E-state index in [0.717, 1.165) is 19.3 Å². The van der Waals surface area contributed by atoms with Gasteiger partial charge in [-0.15, -0.1) is 11.3 Å². The zero-order valence-corrected chi connectivity index (χ0v) is 14.9. The van der Waals surface area contributed by atoms with Crippen LogP contribution in [0.15, 0.2) is 29.9 Å². The number of aromatic amines is 1. The van der Waals surface area contributed by atoms with E-state index in [1.54, 1.807) is 12.3 Å². The Bertz CT molecular complexity index is 965. The summed E-state index contributed by atoms with van der Waals surface area (Å²) < 4.78 is 5.31. The van der Waals surface area contributed by atoms with Gasteiger partial charge in [0.2, 0.25) is 5.78 Å². The normalized spacial score (nSPS) is 14.0. The number of nitrogens with zero attached hydrogens (tertiary/aromatic N) is 3. The maximum absolute atomic E-state index is 12.6. The molecule has 26 heavy (non-hydrogen) atoms. The second-order valence-electron chi connectivity index (χ2n) is 6.12. The molecule has 0 bridgehead atoms. The molecule has 0 aliphatic heterocycles. The number of hydrogen-bond acceptors (Lipinski definition) is 7. The Morgan fingerprint density at radius 3 is 2.92 bits per heavy atom.